The highest BCUT2D eigenvalue weighted by Gasteiger charge is 2.18. The number of aromatic nitrogens is 2. The molecule has 3 aromatic rings. The summed E-state index contributed by atoms with van der Waals surface area (Å²) >= 11 is 0. The Morgan fingerprint density at radius 2 is 1.85 bits per heavy atom. The van der Waals surface area contributed by atoms with Gasteiger partial charge in [0.2, 0.25) is 0 Å². The molecule has 138 valence electrons. The van der Waals surface area contributed by atoms with Crippen LogP contribution in [0.5, 0.6) is 17.2 Å². The SMILES string of the molecule is COc1cccc(NC(=O)c2nn(-c3ccccc3OC)c(=O)cc2O)c1. The zero-order valence-corrected chi connectivity index (χ0v) is 14.7. The van der Waals surface area contributed by atoms with Gasteiger partial charge in [0.25, 0.3) is 11.5 Å². The Morgan fingerprint density at radius 3 is 2.59 bits per heavy atom. The first-order chi connectivity index (χ1) is 13.0. The molecule has 8 nitrogen and oxygen atoms in total. The van der Waals surface area contributed by atoms with Crippen molar-refractivity contribution in [2.24, 2.45) is 0 Å². The Bertz CT molecular complexity index is 1050. The van der Waals surface area contributed by atoms with Crippen LogP contribution in [0.3, 0.4) is 0 Å². The van der Waals surface area contributed by atoms with Gasteiger partial charge in [-0.1, -0.05) is 18.2 Å². The lowest BCUT2D eigenvalue weighted by atomic mass is 10.2. The van der Waals surface area contributed by atoms with Crippen LogP contribution in [0, 0.1) is 0 Å². The molecule has 0 bridgehead atoms. The molecule has 0 saturated carbocycles. The average Bonchev–Trinajstić information content (AvgIpc) is 2.68. The molecule has 0 radical (unpaired) electrons. The quantitative estimate of drug-likeness (QED) is 0.717. The number of hydrogen-bond donors (Lipinski definition) is 2. The van der Waals surface area contributed by atoms with E-state index in [-0.39, 0.29) is 5.69 Å². The largest absolute Gasteiger partial charge is 0.505 e. The average molecular weight is 367 g/mol. The number of nitrogens with one attached hydrogen (secondary N) is 1. The number of aromatic hydroxyl groups is 1. The zero-order valence-electron chi connectivity index (χ0n) is 14.7. The van der Waals surface area contributed by atoms with Gasteiger partial charge in [0, 0.05) is 17.8 Å². The number of methoxy groups -OCH3 is 2. The van der Waals surface area contributed by atoms with E-state index in [0.29, 0.717) is 22.9 Å². The summed E-state index contributed by atoms with van der Waals surface area (Å²) in [5.41, 5.74) is -0.103. The summed E-state index contributed by atoms with van der Waals surface area (Å²) in [6.45, 7) is 0. The fourth-order valence-corrected chi connectivity index (χ4v) is 2.48. The van der Waals surface area contributed by atoms with Crippen LogP contribution in [0.15, 0.2) is 59.4 Å². The number of nitrogens with zero attached hydrogens (tertiary/aromatic N) is 2. The van der Waals surface area contributed by atoms with Crippen molar-refractivity contribution >= 4 is 11.6 Å². The summed E-state index contributed by atoms with van der Waals surface area (Å²) in [7, 11) is 2.97. The molecule has 1 amide bonds. The van der Waals surface area contributed by atoms with E-state index in [2.05, 4.69) is 10.4 Å². The maximum Gasteiger partial charge on any atom is 0.279 e. The van der Waals surface area contributed by atoms with Gasteiger partial charge in [-0.3, -0.25) is 9.59 Å². The lowest BCUT2D eigenvalue weighted by Gasteiger charge is -2.12. The van der Waals surface area contributed by atoms with Crippen LogP contribution in [0.1, 0.15) is 10.5 Å². The molecule has 27 heavy (non-hydrogen) atoms. The zero-order chi connectivity index (χ0) is 19.4. The molecule has 0 aliphatic carbocycles. The first-order valence-electron chi connectivity index (χ1n) is 7.95. The highest BCUT2D eigenvalue weighted by Crippen LogP contribution is 2.22. The maximum atomic E-state index is 12.6. The smallest absolute Gasteiger partial charge is 0.279 e. The third-order valence-corrected chi connectivity index (χ3v) is 3.77. The molecular formula is C19H17N3O5. The van der Waals surface area contributed by atoms with E-state index in [9.17, 15) is 14.7 Å². The van der Waals surface area contributed by atoms with Gasteiger partial charge in [0.1, 0.15) is 17.2 Å². The molecule has 2 aromatic carbocycles. The standard InChI is InChI=1S/C19H17N3O5/c1-26-13-7-5-6-12(10-13)20-19(25)18-15(23)11-17(24)22(21-18)14-8-3-4-9-16(14)27-2/h3-11,23H,1-2H3,(H,20,25). The normalized spacial score (nSPS) is 10.3. The Kier molecular flexibility index (Phi) is 5.07. The van der Waals surface area contributed by atoms with Crippen LogP contribution in [0.4, 0.5) is 5.69 Å². The van der Waals surface area contributed by atoms with E-state index >= 15 is 0 Å². The molecule has 0 aliphatic heterocycles. The molecule has 0 atom stereocenters. The van der Waals surface area contributed by atoms with E-state index in [1.54, 1.807) is 48.5 Å². The number of carbonyl (C=O) groups excluding carboxylic acids is 1. The van der Waals surface area contributed by atoms with Gasteiger partial charge < -0.3 is 19.9 Å². The van der Waals surface area contributed by atoms with E-state index in [0.717, 1.165) is 10.7 Å². The predicted octanol–water partition coefficient (Wildman–Crippen LogP) is 2.21. The Balaban J connectivity index is 2.00. The summed E-state index contributed by atoms with van der Waals surface area (Å²) in [6.07, 6.45) is 0. The van der Waals surface area contributed by atoms with Gasteiger partial charge in [0.05, 0.1) is 14.2 Å². The van der Waals surface area contributed by atoms with Crippen LogP contribution in [-0.2, 0) is 0 Å². The second kappa shape index (κ2) is 7.61. The van der Waals surface area contributed by atoms with Crippen LogP contribution in [0.25, 0.3) is 5.69 Å². The lowest BCUT2D eigenvalue weighted by molar-refractivity contribution is 0.101. The first kappa shape index (κ1) is 18.0. The fourth-order valence-electron chi connectivity index (χ4n) is 2.48. The fraction of sp³-hybridized carbons (Fsp3) is 0.105. The van der Waals surface area contributed by atoms with Crippen molar-refractivity contribution < 1.29 is 19.4 Å². The number of amides is 1. The van der Waals surface area contributed by atoms with Gasteiger partial charge in [0.15, 0.2) is 11.4 Å². The number of benzene rings is 2. The van der Waals surface area contributed by atoms with Gasteiger partial charge in [-0.25, -0.2) is 0 Å². The van der Waals surface area contributed by atoms with Gasteiger partial charge in [-0.2, -0.15) is 9.78 Å². The van der Waals surface area contributed by atoms with Gasteiger partial charge >= 0.3 is 0 Å². The Morgan fingerprint density at radius 1 is 1.07 bits per heavy atom. The number of ether oxygens (including phenoxy) is 2. The predicted molar refractivity (Wildman–Crippen MR) is 99.0 cm³/mol. The molecule has 8 heteroatoms. The van der Waals surface area contributed by atoms with Crippen LogP contribution < -0.4 is 20.3 Å². The van der Waals surface area contributed by atoms with Crippen molar-refractivity contribution in [1.29, 1.82) is 0 Å². The monoisotopic (exact) mass is 367 g/mol. The van der Waals surface area contributed by atoms with E-state index in [4.69, 9.17) is 9.47 Å². The van der Waals surface area contributed by atoms with Crippen LogP contribution in [-0.4, -0.2) is 35.0 Å². The molecule has 1 heterocycles. The number of rotatable bonds is 5. The number of anilines is 1. The molecule has 0 aliphatic rings. The molecule has 0 saturated heterocycles. The Hall–Kier alpha value is -3.81. The number of hydrogen-bond acceptors (Lipinski definition) is 6. The third-order valence-electron chi connectivity index (χ3n) is 3.77. The van der Waals surface area contributed by atoms with Crippen molar-refractivity contribution in [3.63, 3.8) is 0 Å². The summed E-state index contributed by atoms with van der Waals surface area (Å²) in [5.74, 6) is -0.239. The van der Waals surface area contributed by atoms with Crippen molar-refractivity contribution in [3.05, 3.63) is 70.6 Å². The van der Waals surface area contributed by atoms with Gasteiger partial charge in [-0.15, -0.1) is 0 Å². The molecule has 0 unspecified atom stereocenters. The van der Waals surface area contributed by atoms with Crippen molar-refractivity contribution in [3.8, 4) is 22.9 Å². The summed E-state index contributed by atoms with van der Waals surface area (Å²) < 4.78 is 11.3. The first-order valence-corrected chi connectivity index (χ1v) is 7.95. The molecule has 0 fully saturated rings. The molecular weight excluding hydrogens is 350 g/mol. The third kappa shape index (κ3) is 3.74. The summed E-state index contributed by atoms with van der Waals surface area (Å²) in [6, 6.07) is 14.4. The van der Waals surface area contributed by atoms with E-state index in [1.807, 2.05) is 0 Å². The van der Waals surface area contributed by atoms with Gasteiger partial charge in [-0.05, 0) is 24.3 Å². The van der Waals surface area contributed by atoms with Crippen molar-refractivity contribution in [2.75, 3.05) is 19.5 Å². The number of para-hydroxylation sites is 2. The molecule has 0 spiro atoms. The van der Waals surface area contributed by atoms with Crippen LogP contribution >= 0.6 is 0 Å². The number of carbonyl (C=O) groups is 1. The summed E-state index contributed by atoms with van der Waals surface area (Å²) in [4.78, 5) is 24.8. The summed E-state index contributed by atoms with van der Waals surface area (Å²) in [5, 5.41) is 16.7. The lowest BCUT2D eigenvalue weighted by Crippen LogP contribution is -2.25. The van der Waals surface area contributed by atoms with E-state index in [1.165, 1.54) is 14.2 Å². The molecule has 3 rings (SSSR count). The highest BCUT2D eigenvalue weighted by atomic mass is 16.5. The minimum atomic E-state index is -0.676. The molecule has 2 N–H and O–H groups in total. The Labute approximate surface area is 154 Å². The maximum absolute atomic E-state index is 12.6. The second-order valence-corrected chi connectivity index (χ2v) is 5.49. The molecule has 1 aromatic heterocycles. The highest BCUT2D eigenvalue weighted by molar-refractivity contribution is 6.04. The minimum Gasteiger partial charge on any atom is -0.505 e. The topological polar surface area (TPSA) is 103 Å². The minimum absolute atomic E-state index is 0.302. The van der Waals surface area contributed by atoms with Crippen LogP contribution in [0.2, 0.25) is 0 Å². The van der Waals surface area contributed by atoms with Crippen molar-refractivity contribution in [1.82, 2.24) is 9.78 Å². The van der Waals surface area contributed by atoms with Crippen molar-refractivity contribution in [2.45, 2.75) is 0 Å². The second-order valence-electron chi connectivity index (χ2n) is 5.49. The van der Waals surface area contributed by atoms with E-state index < -0.39 is 17.2 Å².